The van der Waals surface area contributed by atoms with E-state index in [1.807, 2.05) is 0 Å². The third-order valence-electron chi connectivity index (χ3n) is 2.58. The van der Waals surface area contributed by atoms with E-state index in [9.17, 15) is 27.2 Å². The van der Waals surface area contributed by atoms with Crippen molar-refractivity contribution in [3.8, 4) is 0 Å². The molecule has 0 spiro atoms. The molecule has 4 nitrogen and oxygen atoms in total. The molecule has 21 heavy (non-hydrogen) atoms. The van der Waals surface area contributed by atoms with Crippen LogP contribution in [0.2, 0.25) is 0 Å². The van der Waals surface area contributed by atoms with E-state index in [1.165, 1.54) is 12.1 Å². The van der Waals surface area contributed by atoms with Gasteiger partial charge in [-0.3, -0.25) is 9.59 Å². The molecule has 1 rings (SSSR count). The SMILES string of the molecule is COC(=O)CCN(CC(F)(F)F)C(=O)c1ccccc1F. The van der Waals surface area contributed by atoms with Gasteiger partial charge in [-0.25, -0.2) is 4.39 Å². The van der Waals surface area contributed by atoms with Gasteiger partial charge in [0.2, 0.25) is 0 Å². The Kier molecular flexibility index (Phi) is 5.69. The molecule has 0 aliphatic heterocycles. The van der Waals surface area contributed by atoms with Gasteiger partial charge in [-0.2, -0.15) is 13.2 Å². The lowest BCUT2D eigenvalue weighted by Gasteiger charge is -2.23. The van der Waals surface area contributed by atoms with Gasteiger partial charge in [-0.1, -0.05) is 12.1 Å². The molecule has 0 bridgehead atoms. The number of esters is 1. The molecule has 0 atom stereocenters. The number of halogens is 4. The maximum absolute atomic E-state index is 13.5. The largest absolute Gasteiger partial charge is 0.469 e. The number of rotatable bonds is 5. The summed E-state index contributed by atoms with van der Waals surface area (Å²) in [5, 5.41) is 0. The Morgan fingerprint density at radius 2 is 1.86 bits per heavy atom. The molecular formula is C13H13F4NO3. The van der Waals surface area contributed by atoms with Gasteiger partial charge in [0.15, 0.2) is 0 Å². The van der Waals surface area contributed by atoms with Crippen LogP contribution in [-0.4, -0.2) is 43.2 Å². The topological polar surface area (TPSA) is 46.6 Å². The van der Waals surface area contributed by atoms with Crippen molar-refractivity contribution in [2.45, 2.75) is 12.6 Å². The predicted octanol–water partition coefficient (Wildman–Crippen LogP) is 2.39. The van der Waals surface area contributed by atoms with Gasteiger partial charge >= 0.3 is 12.1 Å². The van der Waals surface area contributed by atoms with Crippen LogP contribution in [0.1, 0.15) is 16.8 Å². The van der Waals surface area contributed by atoms with Gasteiger partial charge in [0.05, 0.1) is 19.1 Å². The third kappa shape index (κ3) is 5.41. The number of nitrogens with zero attached hydrogens (tertiary/aromatic N) is 1. The number of ether oxygens (including phenoxy) is 1. The van der Waals surface area contributed by atoms with Crippen LogP contribution in [0.3, 0.4) is 0 Å². The minimum atomic E-state index is -4.66. The van der Waals surface area contributed by atoms with Crippen molar-refractivity contribution in [1.82, 2.24) is 4.90 Å². The Balaban J connectivity index is 2.92. The minimum absolute atomic E-state index is 0.370. The quantitative estimate of drug-likeness (QED) is 0.620. The zero-order chi connectivity index (χ0) is 16.0. The molecule has 0 N–H and O–H groups in total. The Labute approximate surface area is 118 Å². The van der Waals surface area contributed by atoms with Crippen molar-refractivity contribution in [2.24, 2.45) is 0 Å². The zero-order valence-electron chi connectivity index (χ0n) is 11.1. The van der Waals surface area contributed by atoms with Gasteiger partial charge in [-0.05, 0) is 12.1 Å². The smallest absolute Gasteiger partial charge is 0.406 e. The highest BCUT2D eigenvalue weighted by molar-refractivity contribution is 5.94. The maximum atomic E-state index is 13.5. The van der Waals surface area contributed by atoms with Gasteiger partial charge < -0.3 is 9.64 Å². The summed E-state index contributed by atoms with van der Waals surface area (Å²) >= 11 is 0. The first-order chi connectivity index (χ1) is 9.74. The Hall–Kier alpha value is -2.12. The Bertz CT molecular complexity index is 516. The van der Waals surface area contributed by atoms with Crippen molar-refractivity contribution < 1.29 is 31.9 Å². The van der Waals surface area contributed by atoms with E-state index in [1.54, 1.807) is 0 Å². The van der Waals surface area contributed by atoms with Crippen LogP contribution in [0.4, 0.5) is 17.6 Å². The lowest BCUT2D eigenvalue weighted by molar-refractivity contribution is -0.147. The Morgan fingerprint density at radius 1 is 1.24 bits per heavy atom. The van der Waals surface area contributed by atoms with Crippen molar-refractivity contribution in [3.63, 3.8) is 0 Å². The summed E-state index contributed by atoms with van der Waals surface area (Å²) in [5.41, 5.74) is -0.480. The van der Waals surface area contributed by atoms with E-state index < -0.39 is 48.9 Å². The van der Waals surface area contributed by atoms with Crippen LogP contribution in [0.5, 0.6) is 0 Å². The standard InChI is InChI=1S/C13H13F4NO3/c1-21-11(19)6-7-18(8-13(15,16)17)12(20)9-4-2-3-5-10(9)14/h2-5H,6-8H2,1H3. The summed E-state index contributed by atoms with van der Waals surface area (Å²) in [7, 11) is 1.08. The molecule has 1 aromatic carbocycles. The van der Waals surface area contributed by atoms with E-state index in [2.05, 4.69) is 4.74 Å². The Morgan fingerprint density at radius 3 is 2.38 bits per heavy atom. The second-order valence-corrected chi connectivity index (χ2v) is 4.15. The summed E-state index contributed by atoms with van der Waals surface area (Å²) in [4.78, 5) is 23.3. The van der Waals surface area contributed by atoms with Gasteiger partial charge in [0.25, 0.3) is 5.91 Å². The molecule has 0 aliphatic carbocycles. The molecule has 0 saturated heterocycles. The molecule has 0 fully saturated rings. The molecule has 116 valence electrons. The van der Waals surface area contributed by atoms with Crippen LogP contribution in [0, 0.1) is 5.82 Å². The fourth-order valence-corrected chi connectivity index (χ4v) is 1.60. The maximum Gasteiger partial charge on any atom is 0.406 e. The summed E-state index contributed by atoms with van der Waals surface area (Å²) < 4.78 is 55.2. The van der Waals surface area contributed by atoms with Crippen LogP contribution in [0.15, 0.2) is 24.3 Å². The summed E-state index contributed by atoms with van der Waals surface area (Å²) in [6.45, 7) is -2.09. The number of carbonyl (C=O) groups is 2. The number of hydrogen-bond donors (Lipinski definition) is 0. The van der Waals surface area contributed by atoms with Crippen molar-refractivity contribution >= 4 is 11.9 Å². The lowest BCUT2D eigenvalue weighted by Crippen LogP contribution is -2.40. The van der Waals surface area contributed by atoms with Crippen LogP contribution in [-0.2, 0) is 9.53 Å². The molecule has 1 aromatic rings. The molecule has 0 heterocycles. The molecule has 0 aromatic heterocycles. The average molecular weight is 307 g/mol. The van der Waals surface area contributed by atoms with Crippen LogP contribution in [0.25, 0.3) is 0 Å². The average Bonchev–Trinajstić information content (AvgIpc) is 2.41. The van der Waals surface area contributed by atoms with Crippen LogP contribution < -0.4 is 0 Å². The van der Waals surface area contributed by atoms with Gasteiger partial charge in [0, 0.05) is 6.54 Å². The number of carbonyl (C=O) groups excluding carboxylic acids is 2. The van der Waals surface area contributed by atoms with E-state index in [4.69, 9.17) is 0 Å². The molecule has 8 heteroatoms. The number of benzene rings is 1. The molecular weight excluding hydrogens is 294 g/mol. The van der Waals surface area contributed by atoms with Crippen LogP contribution >= 0.6 is 0 Å². The highest BCUT2D eigenvalue weighted by Gasteiger charge is 2.34. The first kappa shape index (κ1) is 16.9. The second-order valence-electron chi connectivity index (χ2n) is 4.15. The number of hydrogen-bond acceptors (Lipinski definition) is 3. The van der Waals surface area contributed by atoms with Gasteiger partial charge in [-0.15, -0.1) is 0 Å². The third-order valence-corrected chi connectivity index (χ3v) is 2.58. The fraction of sp³-hybridized carbons (Fsp3) is 0.385. The van der Waals surface area contributed by atoms with Crippen molar-refractivity contribution in [2.75, 3.05) is 20.2 Å². The molecule has 0 unspecified atom stereocenters. The number of methoxy groups -OCH3 is 1. The zero-order valence-corrected chi connectivity index (χ0v) is 11.1. The van der Waals surface area contributed by atoms with Gasteiger partial charge in [0.1, 0.15) is 12.4 Å². The van der Waals surface area contributed by atoms with E-state index in [0.29, 0.717) is 4.90 Å². The number of alkyl halides is 3. The predicted molar refractivity (Wildman–Crippen MR) is 65.0 cm³/mol. The van der Waals surface area contributed by atoms with E-state index >= 15 is 0 Å². The number of amides is 1. The monoisotopic (exact) mass is 307 g/mol. The fourth-order valence-electron chi connectivity index (χ4n) is 1.60. The normalized spacial score (nSPS) is 11.1. The van der Waals surface area contributed by atoms with E-state index in [-0.39, 0.29) is 0 Å². The highest BCUT2D eigenvalue weighted by atomic mass is 19.4. The molecule has 1 amide bonds. The first-order valence-corrected chi connectivity index (χ1v) is 5.92. The summed E-state index contributed by atoms with van der Waals surface area (Å²) in [6.07, 6.45) is -5.07. The molecule has 0 aliphatic rings. The molecule has 0 saturated carbocycles. The minimum Gasteiger partial charge on any atom is -0.469 e. The highest BCUT2D eigenvalue weighted by Crippen LogP contribution is 2.19. The summed E-state index contributed by atoms with van der Waals surface area (Å²) in [5.74, 6) is -2.81. The lowest BCUT2D eigenvalue weighted by atomic mass is 10.1. The summed E-state index contributed by atoms with van der Waals surface area (Å²) in [6, 6.07) is 4.70. The van der Waals surface area contributed by atoms with Crippen molar-refractivity contribution in [1.29, 1.82) is 0 Å². The van der Waals surface area contributed by atoms with Crippen molar-refractivity contribution in [3.05, 3.63) is 35.6 Å². The second kappa shape index (κ2) is 7.05. The van der Waals surface area contributed by atoms with E-state index in [0.717, 1.165) is 19.2 Å². The molecule has 0 radical (unpaired) electrons. The first-order valence-electron chi connectivity index (χ1n) is 5.92.